The Morgan fingerprint density at radius 1 is 1.02 bits per heavy atom. The van der Waals surface area contributed by atoms with Crippen LogP contribution in [-0.4, -0.2) is 52.4 Å². The fourth-order valence-electron chi connectivity index (χ4n) is 6.34. The summed E-state index contributed by atoms with van der Waals surface area (Å²) in [6.45, 7) is 3.34. The molecule has 0 spiro atoms. The average Bonchev–Trinajstić information content (AvgIpc) is 3.34. The van der Waals surface area contributed by atoms with E-state index in [1.54, 1.807) is 30.8 Å². The predicted octanol–water partition coefficient (Wildman–Crippen LogP) is 3.95. The summed E-state index contributed by atoms with van der Waals surface area (Å²) in [7, 11) is 0. The van der Waals surface area contributed by atoms with Crippen molar-refractivity contribution in [3.63, 3.8) is 0 Å². The predicted molar refractivity (Wildman–Crippen MR) is 162 cm³/mol. The highest BCUT2D eigenvalue weighted by Gasteiger charge is 2.38. The molecule has 42 heavy (non-hydrogen) atoms. The lowest BCUT2D eigenvalue weighted by Crippen LogP contribution is -2.55. The summed E-state index contributed by atoms with van der Waals surface area (Å²) in [5.74, 6) is 1.33. The molecule has 2 bridgehead atoms. The Labute approximate surface area is 246 Å². The highest BCUT2D eigenvalue weighted by molar-refractivity contribution is 7.98. The zero-order valence-electron chi connectivity index (χ0n) is 23.6. The second-order valence-electron chi connectivity index (χ2n) is 11.2. The summed E-state index contributed by atoms with van der Waals surface area (Å²) in [5.41, 5.74) is 2.16. The van der Waals surface area contributed by atoms with Crippen molar-refractivity contribution in [3.05, 3.63) is 92.2 Å². The van der Waals surface area contributed by atoms with Gasteiger partial charge in [-0.05, 0) is 43.8 Å². The van der Waals surface area contributed by atoms with Crippen LogP contribution >= 0.6 is 11.8 Å². The Morgan fingerprint density at radius 3 is 2.62 bits per heavy atom. The van der Waals surface area contributed by atoms with Crippen LogP contribution in [0.25, 0.3) is 22.5 Å². The van der Waals surface area contributed by atoms with Gasteiger partial charge in [0.05, 0.1) is 12.0 Å². The van der Waals surface area contributed by atoms with Crippen LogP contribution in [0.5, 0.6) is 0 Å². The van der Waals surface area contributed by atoms with Gasteiger partial charge in [-0.2, -0.15) is 11.8 Å². The van der Waals surface area contributed by atoms with Crippen LogP contribution in [0.15, 0.2) is 73.0 Å². The van der Waals surface area contributed by atoms with E-state index in [2.05, 4.69) is 5.32 Å². The quantitative estimate of drug-likeness (QED) is 0.332. The number of benzene rings is 1. The largest absolute Gasteiger partial charge is 0.457 e. The highest BCUT2D eigenvalue weighted by atomic mass is 32.2. The molecule has 2 aliphatic rings. The fourth-order valence-corrected chi connectivity index (χ4v) is 6.81. The number of piperidine rings is 1. The van der Waals surface area contributed by atoms with Crippen molar-refractivity contribution in [3.8, 4) is 11.3 Å². The first-order chi connectivity index (χ1) is 20.3. The maximum Gasteiger partial charge on any atom is 0.250 e. The Morgan fingerprint density at radius 2 is 1.83 bits per heavy atom. The first-order valence-corrected chi connectivity index (χ1v) is 15.6. The van der Waals surface area contributed by atoms with Gasteiger partial charge in [0.1, 0.15) is 17.6 Å². The number of carbonyl (C=O) groups excluding carboxylic acids is 2. The molecule has 218 valence electrons. The zero-order valence-corrected chi connectivity index (χ0v) is 24.4. The number of nitrogens with one attached hydrogen (secondary N) is 1. The summed E-state index contributed by atoms with van der Waals surface area (Å²) < 4.78 is 13.7. The average molecular weight is 588 g/mol. The molecule has 9 nitrogen and oxygen atoms in total. The highest BCUT2D eigenvalue weighted by Crippen LogP contribution is 2.36. The minimum Gasteiger partial charge on any atom is -0.457 e. The molecule has 6 rings (SSSR count). The van der Waals surface area contributed by atoms with E-state index < -0.39 is 6.04 Å². The maximum atomic E-state index is 13.9. The second-order valence-corrected chi connectivity index (χ2v) is 12.2. The molecule has 2 aliphatic heterocycles. The van der Waals surface area contributed by atoms with Crippen molar-refractivity contribution in [2.24, 2.45) is 5.92 Å². The van der Waals surface area contributed by atoms with Crippen molar-refractivity contribution in [1.29, 1.82) is 0 Å². The zero-order chi connectivity index (χ0) is 29.4. The Hall–Kier alpha value is -4.05. The van der Waals surface area contributed by atoms with Crippen molar-refractivity contribution in [2.75, 3.05) is 25.1 Å². The lowest BCUT2D eigenvalue weighted by atomic mass is 9.83. The van der Waals surface area contributed by atoms with E-state index in [-0.39, 0.29) is 52.2 Å². The standard InChI is InChI=1S/C32H33N3O6S/c1-19-13-26(36)31-30(40-19)23(29(41-31)21-7-4-3-5-8-21)15-27(37)33-24(11-12-42-2)32(39)34-16-20-14-22(18-34)25-9-6-10-28(38)35(25)17-20/h3-10,13,20,22,24H,11-12,14-18H2,1-2H3,(H,33,37)/t20?,22?,24-/m0/s1. The van der Waals surface area contributed by atoms with Gasteiger partial charge in [0.2, 0.25) is 22.8 Å². The number of nitrogens with zero attached hydrogens (tertiary/aromatic N) is 2. The summed E-state index contributed by atoms with van der Waals surface area (Å²) in [4.78, 5) is 54.5. The monoisotopic (exact) mass is 587 g/mol. The number of amides is 2. The number of hydrogen-bond acceptors (Lipinski definition) is 7. The lowest BCUT2D eigenvalue weighted by Gasteiger charge is -2.43. The molecule has 1 N–H and O–H groups in total. The molecule has 3 aromatic heterocycles. The number of rotatable bonds is 8. The Bertz CT molecular complexity index is 1760. The van der Waals surface area contributed by atoms with Crippen molar-refractivity contribution in [1.82, 2.24) is 14.8 Å². The van der Waals surface area contributed by atoms with E-state index in [0.717, 1.165) is 17.7 Å². The van der Waals surface area contributed by atoms with Gasteiger partial charge >= 0.3 is 0 Å². The van der Waals surface area contributed by atoms with E-state index >= 15 is 0 Å². The fraction of sp³-hybridized carbons (Fsp3) is 0.375. The molecule has 0 radical (unpaired) electrons. The van der Waals surface area contributed by atoms with Crippen LogP contribution in [0.3, 0.4) is 0 Å². The van der Waals surface area contributed by atoms with Crippen LogP contribution in [0.2, 0.25) is 0 Å². The molecule has 1 fully saturated rings. The second kappa shape index (κ2) is 11.7. The topological polar surface area (TPSA) is 115 Å². The van der Waals surface area contributed by atoms with E-state index in [4.69, 9.17) is 8.83 Å². The van der Waals surface area contributed by atoms with Gasteiger partial charge in [0.15, 0.2) is 5.58 Å². The molecule has 2 unspecified atom stereocenters. The van der Waals surface area contributed by atoms with Gasteiger partial charge in [-0.15, -0.1) is 0 Å². The smallest absolute Gasteiger partial charge is 0.250 e. The van der Waals surface area contributed by atoms with E-state index in [0.29, 0.717) is 48.9 Å². The van der Waals surface area contributed by atoms with Gasteiger partial charge in [-0.1, -0.05) is 36.4 Å². The van der Waals surface area contributed by atoms with Crippen LogP contribution in [0, 0.1) is 12.8 Å². The molecule has 3 atom stereocenters. The first-order valence-electron chi connectivity index (χ1n) is 14.2. The number of pyridine rings is 1. The van der Waals surface area contributed by atoms with Gasteiger partial charge in [0, 0.05) is 48.9 Å². The van der Waals surface area contributed by atoms with E-state index in [9.17, 15) is 19.2 Å². The van der Waals surface area contributed by atoms with Gasteiger partial charge < -0.3 is 23.6 Å². The minimum atomic E-state index is -0.700. The number of furan rings is 1. The minimum absolute atomic E-state index is 0.000224. The van der Waals surface area contributed by atoms with Crippen LogP contribution in [-0.2, 0) is 22.6 Å². The number of likely N-dealkylation sites (tertiary alicyclic amines) is 1. The SMILES string of the molecule is CSCC[C@H](NC(=O)Cc1c(-c2ccccc2)oc2c(=O)cc(C)oc12)C(=O)N1CC2CC(C1)c1cccc(=O)n1C2. The maximum absolute atomic E-state index is 13.9. The third-order valence-corrected chi connectivity index (χ3v) is 8.83. The first kappa shape index (κ1) is 28.1. The summed E-state index contributed by atoms with van der Waals surface area (Å²) in [6.07, 6.45) is 3.28. The Balaban J connectivity index is 1.25. The molecule has 5 heterocycles. The van der Waals surface area contributed by atoms with Crippen LogP contribution < -0.4 is 16.3 Å². The molecule has 2 amide bonds. The van der Waals surface area contributed by atoms with E-state index in [1.165, 1.54) is 6.07 Å². The van der Waals surface area contributed by atoms with Crippen LogP contribution in [0.1, 0.15) is 35.8 Å². The lowest BCUT2D eigenvalue weighted by molar-refractivity contribution is -0.138. The van der Waals surface area contributed by atoms with Crippen LogP contribution in [0.4, 0.5) is 0 Å². The summed E-state index contributed by atoms with van der Waals surface area (Å²) >= 11 is 1.62. The number of fused-ring (bicyclic) bond motifs is 5. The molecule has 10 heteroatoms. The normalized spacial score (nSPS) is 18.5. The molecule has 1 aromatic carbocycles. The molecular weight excluding hydrogens is 554 g/mol. The number of hydrogen-bond donors (Lipinski definition) is 1. The number of aromatic nitrogens is 1. The van der Waals surface area contributed by atoms with Crippen molar-refractivity contribution < 1.29 is 18.4 Å². The molecular formula is C32H33N3O6S. The molecule has 1 saturated heterocycles. The van der Waals surface area contributed by atoms with Gasteiger partial charge in [-0.25, -0.2) is 0 Å². The third kappa shape index (κ3) is 5.43. The molecule has 0 saturated carbocycles. The third-order valence-electron chi connectivity index (χ3n) is 8.19. The summed E-state index contributed by atoms with van der Waals surface area (Å²) in [6, 6.07) is 15.3. The van der Waals surface area contributed by atoms with E-state index in [1.807, 2.05) is 52.1 Å². The molecule has 0 aliphatic carbocycles. The summed E-state index contributed by atoms with van der Waals surface area (Å²) in [5, 5.41) is 2.99. The number of carbonyl (C=O) groups is 2. The van der Waals surface area contributed by atoms with Gasteiger partial charge in [-0.3, -0.25) is 19.2 Å². The number of thioether (sulfide) groups is 1. The number of aryl methyl sites for hydroxylation is 1. The van der Waals surface area contributed by atoms with Gasteiger partial charge in [0.25, 0.3) is 5.56 Å². The molecule has 4 aromatic rings. The Kier molecular flexibility index (Phi) is 7.81. The van der Waals surface area contributed by atoms with Crippen molar-refractivity contribution >= 4 is 34.7 Å². The van der Waals surface area contributed by atoms with Crippen molar-refractivity contribution in [2.45, 2.75) is 44.7 Å².